The van der Waals surface area contributed by atoms with Crippen LogP contribution < -0.4 is 9.47 Å². The largest absolute Gasteiger partial charge is 0.424 e. The molecule has 0 aliphatic carbocycles. The van der Waals surface area contributed by atoms with Gasteiger partial charge in [-0.25, -0.2) is 0 Å². The predicted molar refractivity (Wildman–Crippen MR) is 132 cm³/mol. The number of ether oxygens (including phenoxy) is 2. The molecule has 2 rings (SSSR count). The van der Waals surface area contributed by atoms with Gasteiger partial charge in [0.15, 0.2) is 11.5 Å². The van der Waals surface area contributed by atoms with E-state index in [0.717, 1.165) is 51.4 Å². The highest BCUT2D eigenvalue weighted by Crippen LogP contribution is 2.47. The number of benzene rings is 2. The first-order valence-corrected chi connectivity index (χ1v) is 12.6. The summed E-state index contributed by atoms with van der Waals surface area (Å²) in [6.45, 7) is 4.30. The Hall–Kier alpha value is -1.78. The molecule has 0 amide bonds. The highest BCUT2D eigenvalue weighted by Gasteiger charge is 2.22. The Bertz CT molecular complexity index is 823. The molecule has 0 atom stereocenters. The molecule has 0 aromatic heterocycles. The fourth-order valence-electron chi connectivity index (χ4n) is 3.59. The van der Waals surface area contributed by atoms with Crippen molar-refractivity contribution in [3.8, 4) is 11.5 Å². The van der Waals surface area contributed by atoms with E-state index in [4.69, 9.17) is 32.7 Å². The number of fused-ring (bicyclic) bond motifs is 1. The van der Waals surface area contributed by atoms with Crippen LogP contribution in [0.2, 0.25) is 10.0 Å². The minimum atomic E-state index is -0.346. The molecule has 2 aromatic carbocycles. The van der Waals surface area contributed by atoms with E-state index in [9.17, 15) is 9.59 Å². The first-order chi connectivity index (χ1) is 15.5. The van der Waals surface area contributed by atoms with Gasteiger partial charge in [-0.1, -0.05) is 113 Å². The third-order valence-corrected chi connectivity index (χ3v) is 6.23. The van der Waals surface area contributed by atoms with Crippen LogP contribution in [0.5, 0.6) is 11.5 Å². The van der Waals surface area contributed by atoms with Crippen molar-refractivity contribution in [2.75, 3.05) is 0 Å². The molecule has 0 radical (unpaired) electrons. The molecule has 0 heterocycles. The quantitative estimate of drug-likeness (QED) is 0.154. The summed E-state index contributed by atoms with van der Waals surface area (Å²) >= 11 is 12.9. The lowest BCUT2D eigenvalue weighted by Gasteiger charge is -2.16. The molecule has 0 fully saturated rings. The van der Waals surface area contributed by atoms with Crippen LogP contribution >= 0.6 is 23.2 Å². The van der Waals surface area contributed by atoms with Crippen LogP contribution in [0.1, 0.15) is 90.9 Å². The molecule has 0 aliphatic rings. The minimum absolute atomic E-state index is 0.0791. The van der Waals surface area contributed by atoms with E-state index >= 15 is 0 Å². The smallest absolute Gasteiger partial charge is 0.311 e. The van der Waals surface area contributed by atoms with Gasteiger partial charge in [0.05, 0.1) is 0 Å². The molecular weight excluding hydrogens is 447 g/mol. The van der Waals surface area contributed by atoms with Crippen LogP contribution in [0.25, 0.3) is 10.8 Å². The van der Waals surface area contributed by atoms with Gasteiger partial charge < -0.3 is 9.47 Å². The summed E-state index contributed by atoms with van der Waals surface area (Å²) < 4.78 is 11.2. The van der Waals surface area contributed by atoms with E-state index in [2.05, 4.69) is 13.8 Å². The van der Waals surface area contributed by atoms with Gasteiger partial charge in [0.25, 0.3) is 0 Å². The zero-order chi connectivity index (χ0) is 23.3. The summed E-state index contributed by atoms with van der Waals surface area (Å²) in [5.74, 6) is -0.265. The topological polar surface area (TPSA) is 52.6 Å². The molecule has 0 unspecified atom stereocenters. The Kier molecular flexibility index (Phi) is 11.9. The lowest BCUT2D eigenvalue weighted by Crippen LogP contribution is -2.11. The molecule has 0 spiro atoms. The zero-order valence-corrected chi connectivity index (χ0v) is 20.7. The number of carbonyl (C=O) groups excluding carboxylic acids is 2. The van der Waals surface area contributed by atoms with Crippen molar-refractivity contribution in [3.63, 3.8) is 0 Å². The van der Waals surface area contributed by atoms with Crippen LogP contribution in [0.4, 0.5) is 0 Å². The lowest BCUT2D eigenvalue weighted by molar-refractivity contribution is -0.135. The van der Waals surface area contributed by atoms with Crippen LogP contribution in [0, 0.1) is 0 Å². The molecular formula is C26H34Cl2O4. The van der Waals surface area contributed by atoms with Gasteiger partial charge in [0.1, 0.15) is 10.0 Å². The summed E-state index contributed by atoms with van der Waals surface area (Å²) in [4.78, 5) is 24.8. The maximum Gasteiger partial charge on any atom is 0.311 e. The summed E-state index contributed by atoms with van der Waals surface area (Å²) in [5.41, 5.74) is 0. The Morgan fingerprint density at radius 1 is 0.656 bits per heavy atom. The van der Waals surface area contributed by atoms with Crippen molar-refractivity contribution >= 4 is 45.9 Å². The molecule has 0 saturated heterocycles. The fraction of sp³-hybridized carbons (Fsp3) is 0.538. The Morgan fingerprint density at radius 3 is 1.41 bits per heavy atom. The third-order valence-electron chi connectivity index (χ3n) is 5.41. The average Bonchev–Trinajstić information content (AvgIpc) is 2.79. The average molecular weight is 481 g/mol. The third kappa shape index (κ3) is 7.97. The van der Waals surface area contributed by atoms with E-state index in [1.807, 2.05) is 12.1 Å². The number of halogens is 2. The molecule has 176 valence electrons. The molecule has 0 saturated carbocycles. The molecule has 4 nitrogen and oxygen atoms in total. The van der Waals surface area contributed by atoms with Gasteiger partial charge in [-0.15, -0.1) is 0 Å². The van der Waals surface area contributed by atoms with Crippen molar-refractivity contribution in [1.82, 2.24) is 0 Å². The van der Waals surface area contributed by atoms with Crippen LogP contribution in [-0.4, -0.2) is 11.9 Å². The van der Waals surface area contributed by atoms with Gasteiger partial charge >= 0.3 is 11.9 Å². The van der Waals surface area contributed by atoms with E-state index in [-0.39, 0.29) is 33.5 Å². The second-order valence-corrected chi connectivity index (χ2v) is 8.86. The maximum absolute atomic E-state index is 12.4. The van der Waals surface area contributed by atoms with Gasteiger partial charge in [-0.2, -0.15) is 0 Å². The van der Waals surface area contributed by atoms with E-state index in [0.29, 0.717) is 23.6 Å². The van der Waals surface area contributed by atoms with E-state index < -0.39 is 0 Å². The lowest BCUT2D eigenvalue weighted by atomic mass is 10.1. The fourth-order valence-corrected chi connectivity index (χ4v) is 4.04. The molecule has 0 N–H and O–H groups in total. The molecule has 6 heteroatoms. The van der Waals surface area contributed by atoms with Crippen molar-refractivity contribution in [1.29, 1.82) is 0 Å². The number of hydrogen-bond acceptors (Lipinski definition) is 4. The summed E-state index contributed by atoms with van der Waals surface area (Å²) in [7, 11) is 0. The molecule has 32 heavy (non-hydrogen) atoms. The van der Waals surface area contributed by atoms with Gasteiger partial charge in [0.2, 0.25) is 0 Å². The first-order valence-electron chi connectivity index (χ1n) is 11.8. The Labute approximate surface area is 201 Å². The van der Waals surface area contributed by atoms with Crippen LogP contribution in [0.3, 0.4) is 0 Å². The second kappa shape index (κ2) is 14.4. The standard InChI is InChI=1S/C26H34Cl2O4/c1-3-5-7-9-11-17-21(29)31-25-19-15-13-14-16-20(19)26(24(28)23(25)27)32-22(30)18-12-10-8-6-4-2/h13-16H,3-12,17-18H2,1-2H3. The summed E-state index contributed by atoms with van der Waals surface area (Å²) in [5, 5.41) is 1.34. The zero-order valence-electron chi connectivity index (χ0n) is 19.2. The molecule has 0 aliphatic heterocycles. The van der Waals surface area contributed by atoms with Crippen LogP contribution in [0.15, 0.2) is 24.3 Å². The highest BCUT2D eigenvalue weighted by molar-refractivity contribution is 6.45. The molecule has 0 bridgehead atoms. The maximum atomic E-state index is 12.4. The van der Waals surface area contributed by atoms with Crippen molar-refractivity contribution in [2.24, 2.45) is 0 Å². The summed E-state index contributed by atoms with van der Waals surface area (Å²) in [6.07, 6.45) is 11.0. The van der Waals surface area contributed by atoms with Gasteiger partial charge in [-0.3, -0.25) is 9.59 Å². The van der Waals surface area contributed by atoms with Crippen molar-refractivity contribution in [3.05, 3.63) is 34.3 Å². The SMILES string of the molecule is CCCCCCCC(=O)Oc1c(Cl)c(Cl)c(OC(=O)CCCCCCC)c2ccccc12. The number of carbonyl (C=O) groups is 2. The number of unbranched alkanes of at least 4 members (excludes halogenated alkanes) is 8. The molecule has 2 aromatic rings. The Balaban J connectivity index is 2.13. The van der Waals surface area contributed by atoms with E-state index in [1.165, 1.54) is 12.8 Å². The first kappa shape index (κ1) is 26.5. The summed E-state index contributed by atoms with van der Waals surface area (Å²) in [6, 6.07) is 7.19. The Morgan fingerprint density at radius 2 is 1.03 bits per heavy atom. The number of hydrogen-bond donors (Lipinski definition) is 0. The number of rotatable bonds is 14. The minimum Gasteiger partial charge on any atom is -0.424 e. The van der Waals surface area contributed by atoms with Gasteiger partial charge in [0, 0.05) is 23.6 Å². The van der Waals surface area contributed by atoms with Crippen LogP contribution in [-0.2, 0) is 9.59 Å². The van der Waals surface area contributed by atoms with E-state index in [1.54, 1.807) is 12.1 Å². The monoisotopic (exact) mass is 480 g/mol. The van der Waals surface area contributed by atoms with Crippen molar-refractivity contribution < 1.29 is 19.1 Å². The van der Waals surface area contributed by atoms with Crippen molar-refractivity contribution in [2.45, 2.75) is 90.9 Å². The predicted octanol–water partition coefficient (Wildman–Crippen LogP) is 8.68. The second-order valence-electron chi connectivity index (χ2n) is 8.11. The highest BCUT2D eigenvalue weighted by atomic mass is 35.5. The normalized spacial score (nSPS) is 11.0. The number of esters is 2. The van der Waals surface area contributed by atoms with Gasteiger partial charge in [-0.05, 0) is 12.8 Å².